The van der Waals surface area contributed by atoms with Crippen molar-refractivity contribution in [3.8, 4) is 5.75 Å². The van der Waals surface area contributed by atoms with E-state index < -0.39 is 5.91 Å². The maximum Gasteiger partial charge on any atom is 0.258 e. The van der Waals surface area contributed by atoms with Gasteiger partial charge in [-0.15, -0.1) is 0 Å². The summed E-state index contributed by atoms with van der Waals surface area (Å²) in [5.41, 5.74) is 6.45. The molecule has 0 aliphatic carbocycles. The van der Waals surface area contributed by atoms with Gasteiger partial charge in [-0.3, -0.25) is 9.59 Å². The van der Waals surface area contributed by atoms with Gasteiger partial charge in [0.2, 0.25) is 5.91 Å². The lowest BCUT2D eigenvalue weighted by Crippen LogP contribution is -2.28. The third kappa shape index (κ3) is 4.79. The molecule has 0 fully saturated rings. The van der Waals surface area contributed by atoms with Crippen molar-refractivity contribution in [3.63, 3.8) is 0 Å². The normalized spacial score (nSPS) is 10.0. The van der Waals surface area contributed by atoms with Crippen LogP contribution in [0.5, 0.6) is 5.75 Å². The van der Waals surface area contributed by atoms with Crippen LogP contribution in [0.4, 0.5) is 0 Å². The predicted molar refractivity (Wildman–Crippen MR) is 83.8 cm³/mol. The van der Waals surface area contributed by atoms with Gasteiger partial charge in [0, 0.05) is 17.1 Å². The van der Waals surface area contributed by atoms with Gasteiger partial charge in [-0.1, -0.05) is 23.7 Å². The summed E-state index contributed by atoms with van der Waals surface area (Å²) in [6, 6.07) is 13.5. The van der Waals surface area contributed by atoms with E-state index in [0.29, 0.717) is 22.9 Å². The molecule has 114 valence electrons. The number of halogens is 1. The molecule has 5 nitrogen and oxygen atoms in total. The largest absolute Gasteiger partial charge is 0.484 e. The molecule has 2 aromatic carbocycles. The van der Waals surface area contributed by atoms with Gasteiger partial charge in [0.1, 0.15) is 5.75 Å². The third-order valence-electron chi connectivity index (χ3n) is 2.91. The lowest BCUT2D eigenvalue weighted by Gasteiger charge is -2.08. The second-order valence-corrected chi connectivity index (χ2v) is 5.02. The van der Waals surface area contributed by atoms with Crippen LogP contribution in [0.2, 0.25) is 5.02 Å². The number of nitrogens with two attached hydrogens (primary N) is 1. The fourth-order valence-corrected chi connectivity index (χ4v) is 1.84. The first kappa shape index (κ1) is 15.9. The molecule has 2 rings (SSSR count). The Balaban J connectivity index is 1.77. The Hall–Kier alpha value is -2.53. The Morgan fingerprint density at radius 2 is 1.68 bits per heavy atom. The van der Waals surface area contributed by atoms with Crippen LogP contribution in [0.15, 0.2) is 48.5 Å². The molecule has 0 atom stereocenters. The summed E-state index contributed by atoms with van der Waals surface area (Å²) >= 11 is 5.76. The van der Waals surface area contributed by atoms with Gasteiger partial charge >= 0.3 is 0 Å². The molecule has 22 heavy (non-hydrogen) atoms. The van der Waals surface area contributed by atoms with Gasteiger partial charge in [-0.05, 0) is 42.0 Å². The van der Waals surface area contributed by atoms with Crippen molar-refractivity contribution in [2.24, 2.45) is 5.73 Å². The first-order chi connectivity index (χ1) is 10.5. The number of nitrogens with one attached hydrogen (secondary N) is 1. The average Bonchev–Trinajstić information content (AvgIpc) is 2.52. The number of benzene rings is 2. The predicted octanol–water partition coefficient (Wildman–Crippen LogP) is 2.13. The number of carbonyl (C=O) groups is 2. The van der Waals surface area contributed by atoms with Crippen molar-refractivity contribution in [2.75, 3.05) is 6.61 Å². The zero-order chi connectivity index (χ0) is 15.9. The molecular weight excluding hydrogens is 304 g/mol. The van der Waals surface area contributed by atoms with Crippen molar-refractivity contribution < 1.29 is 14.3 Å². The van der Waals surface area contributed by atoms with E-state index in [4.69, 9.17) is 22.1 Å². The first-order valence-corrected chi connectivity index (χ1v) is 6.96. The van der Waals surface area contributed by atoms with Crippen LogP contribution < -0.4 is 15.8 Å². The minimum absolute atomic E-state index is 0.0823. The maximum absolute atomic E-state index is 11.7. The zero-order valence-electron chi connectivity index (χ0n) is 11.7. The molecule has 0 spiro atoms. The van der Waals surface area contributed by atoms with Crippen LogP contribution in [-0.4, -0.2) is 18.4 Å². The highest BCUT2D eigenvalue weighted by Crippen LogP contribution is 2.15. The summed E-state index contributed by atoms with van der Waals surface area (Å²) in [6.45, 7) is 0.267. The molecule has 0 aromatic heterocycles. The van der Waals surface area contributed by atoms with Crippen LogP contribution in [0.1, 0.15) is 15.9 Å². The summed E-state index contributed by atoms with van der Waals surface area (Å²) in [7, 11) is 0. The van der Waals surface area contributed by atoms with Crippen LogP contribution in [0, 0.1) is 0 Å². The topological polar surface area (TPSA) is 81.4 Å². The van der Waals surface area contributed by atoms with Crippen molar-refractivity contribution in [1.82, 2.24) is 5.32 Å². The number of ether oxygens (including phenoxy) is 1. The number of hydrogen-bond donors (Lipinski definition) is 2. The molecule has 2 aromatic rings. The van der Waals surface area contributed by atoms with Gasteiger partial charge < -0.3 is 15.8 Å². The Morgan fingerprint density at radius 1 is 1.05 bits per heavy atom. The standard InChI is InChI=1S/C16H15ClN2O3/c17-13-5-7-14(8-6-13)22-10-15(20)19-9-11-1-3-12(4-2-11)16(18)21/h1-8H,9-10H2,(H2,18,21)(H,19,20). The highest BCUT2D eigenvalue weighted by molar-refractivity contribution is 6.30. The summed E-state index contributed by atoms with van der Waals surface area (Å²) in [6.07, 6.45) is 0. The molecule has 0 heterocycles. The number of hydrogen-bond acceptors (Lipinski definition) is 3. The van der Waals surface area contributed by atoms with Crippen LogP contribution >= 0.6 is 11.6 Å². The van der Waals surface area contributed by atoms with E-state index in [0.717, 1.165) is 5.56 Å². The molecule has 0 saturated heterocycles. The second-order valence-electron chi connectivity index (χ2n) is 4.58. The SMILES string of the molecule is NC(=O)c1ccc(CNC(=O)COc2ccc(Cl)cc2)cc1. The first-order valence-electron chi connectivity index (χ1n) is 6.58. The smallest absolute Gasteiger partial charge is 0.258 e. The summed E-state index contributed by atoms with van der Waals surface area (Å²) in [4.78, 5) is 22.6. The molecule has 0 bridgehead atoms. The van der Waals surface area contributed by atoms with Crippen molar-refractivity contribution >= 4 is 23.4 Å². The van der Waals surface area contributed by atoms with Crippen LogP contribution in [-0.2, 0) is 11.3 Å². The van der Waals surface area contributed by atoms with Crippen LogP contribution in [0.3, 0.4) is 0 Å². The number of primary amides is 1. The van der Waals surface area contributed by atoms with E-state index in [1.165, 1.54) is 0 Å². The minimum atomic E-state index is -0.480. The molecular formula is C16H15ClN2O3. The molecule has 0 unspecified atom stereocenters. The second kappa shape index (κ2) is 7.47. The minimum Gasteiger partial charge on any atom is -0.484 e. The molecule has 0 radical (unpaired) electrons. The monoisotopic (exact) mass is 318 g/mol. The Labute approximate surface area is 133 Å². The summed E-state index contributed by atoms with van der Waals surface area (Å²) < 4.78 is 5.33. The lowest BCUT2D eigenvalue weighted by molar-refractivity contribution is -0.123. The molecule has 0 saturated carbocycles. The van der Waals surface area contributed by atoms with Crippen molar-refractivity contribution in [2.45, 2.75) is 6.54 Å². The van der Waals surface area contributed by atoms with Crippen molar-refractivity contribution in [3.05, 3.63) is 64.7 Å². The Bertz CT molecular complexity index is 654. The van der Waals surface area contributed by atoms with E-state index in [9.17, 15) is 9.59 Å². The fraction of sp³-hybridized carbons (Fsp3) is 0.125. The van der Waals surface area contributed by atoms with Gasteiger partial charge in [0.05, 0.1) is 0 Å². The van der Waals surface area contributed by atoms with Gasteiger partial charge in [0.25, 0.3) is 5.91 Å². The number of amides is 2. The van der Waals surface area contributed by atoms with E-state index >= 15 is 0 Å². The van der Waals surface area contributed by atoms with Gasteiger partial charge in [0.15, 0.2) is 6.61 Å². The third-order valence-corrected chi connectivity index (χ3v) is 3.16. The lowest BCUT2D eigenvalue weighted by atomic mass is 10.1. The molecule has 6 heteroatoms. The Kier molecular flexibility index (Phi) is 5.38. The zero-order valence-corrected chi connectivity index (χ0v) is 12.5. The van der Waals surface area contributed by atoms with E-state index in [2.05, 4.69) is 5.32 Å². The summed E-state index contributed by atoms with van der Waals surface area (Å²) in [5, 5.41) is 3.33. The average molecular weight is 319 g/mol. The fourth-order valence-electron chi connectivity index (χ4n) is 1.72. The van der Waals surface area contributed by atoms with E-state index in [1.54, 1.807) is 48.5 Å². The maximum atomic E-state index is 11.7. The molecule has 3 N–H and O–H groups in total. The quantitative estimate of drug-likeness (QED) is 0.856. The highest BCUT2D eigenvalue weighted by atomic mass is 35.5. The molecule has 0 aliphatic rings. The van der Waals surface area contributed by atoms with Gasteiger partial charge in [-0.2, -0.15) is 0 Å². The number of rotatable bonds is 6. The highest BCUT2D eigenvalue weighted by Gasteiger charge is 2.04. The van der Waals surface area contributed by atoms with Crippen molar-refractivity contribution in [1.29, 1.82) is 0 Å². The Morgan fingerprint density at radius 3 is 2.27 bits per heavy atom. The van der Waals surface area contributed by atoms with Crippen LogP contribution in [0.25, 0.3) is 0 Å². The number of carbonyl (C=O) groups excluding carboxylic acids is 2. The summed E-state index contributed by atoms with van der Waals surface area (Å²) in [5.74, 6) is -0.147. The van der Waals surface area contributed by atoms with E-state index in [-0.39, 0.29) is 12.5 Å². The van der Waals surface area contributed by atoms with E-state index in [1.807, 2.05) is 0 Å². The molecule has 2 amide bonds. The van der Waals surface area contributed by atoms with Gasteiger partial charge in [-0.25, -0.2) is 0 Å². The molecule has 0 aliphatic heterocycles.